The van der Waals surface area contributed by atoms with Crippen molar-refractivity contribution in [1.82, 2.24) is 4.90 Å². The lowest BCUT2D eigenvalue weighted by Gasteiger charge is -2.20. The number of likely N-dealkylation sites (N-methyl/N-ethyl adjacent to an activating group) is 1. The largest absolute Gasteiger partial charge is 0.348 e. The van der Waals surface area contributed by atoms with Crippen molar-refractivity contribution in [3.05, 3.63) is 58.3 Å². The Balaban J connectivity index is 1.87. The molecular formula is C15H17NOS. The van der Waals surface area contributed by atoms with Crippen LogP contribution in [0.3, 0.4) is 0 Å². The van der Waals surface area contributed by atoms with E-state index in [1.807, 2.05) is 6.07 Å². The van der Waals surface area contributed by atoms with Gasteiger partial charge in [0.15, 0.2) is 0 Å². The van der Waals surface area contributed by atoms with Crippen molar-refractivity contribution in [3.63, 3.8) is 0 Å². The van der Waals surface area contributed by atoms with Gasteiger partial charge in [-0.2, -0.15) is 0 Å². The minimum Gasteiger partial charge on any atom is -0.348 e. The number of rotatable bonds is 2. The molecule has 1 fully saturated rings. The molecule has 0 saturated carbocycles. The molecule has 0 bridgehead atoms. The second-order valence-electron chi connectivity index (χ2n) is 4.74. The molecule has 1 saturated heterocycles. The van der Waals surface area contributed by atoms with Crippen LogP contribution in [0, 0.1) is 0 Å². The van der Waals surface area contributed by atoms with Crippen LogP contribution in [0.5, 0.6) is 0 Å². The predicted molar refractivity (Wildman–Crippen MR) is 74.6 cm³/mol. The highest BCUT2D eigenvalue weighted by Crippen LogP contribution is 2.42. The van der Waals surface area contributed by atoms with E-state index in [0.29, 0.717) is 6.04 Å². The smallest absolute Gasteiger partial charge is 0.147 e. The summed E-state index contributed by atoms with van der Waals surface area (Å²) in [7, 11) is 2.14. The maximum atomic E-state index is 6.25. The maximum absolute atomic E-state index is 6.25. The van der Waals surface area contributed by atoms with Gasteiger partial charge in [-0.15, -0.1) is 11.3 Å². The molecule has 0 aliphatic carbocycles. The summed E-state index contributed by atoms with van der Waals surface area (Å²) >= 11 is 1.76. The molecule has 3 atom stereocenters. The lowest BCUT2D eigenvalue weighted by Crippen LogP contribution is -2.26. The van der Waals surface area contributed by atoms with E-state index in [9.17, 15) is 0 Å². The summed E-state index contributed by atoms with van der Waals surface area (Å²) in [4.78, 5) is 3.59. The Kier molecular flexibility index (Phi) is 3.20. The maximum Gasteiger partial charge on any atom is 0.147 e. The number of hydrogen-bond acceptors (Lipinski definition) is 3. The summed E-state index contributed by atoms with van der Waals surface area (Å²) in [5.41, 5.74) is 1.26. The molecule has 3 rings (SSSR count). The Morgan fingerprint density at radius 1 is 1.11 bits per heavy atom. The van der Waals surface area contributed by atoms with Gasteiger partial charge in [-0.05, 0) is 31.0 Å². The van der Waals surface area contributed by atoms with Crippen molar-refractivity contribution in [2.75, 3.05) is 7.05 Å². The van der Waals surface area contributed by atoms with Crippen LogP contribution in [0.1, 0.15) is 29.7 Å². The predicted octanol–water partition coefficient (Wildman–Crippen LogP) is 3.84. The van der Waals surface area contributed by atoms with Gasteiger partial charge in [0.1, 0.15) is 12.3 Å². The number of thiophene rings is 1. The van der Waals surface area contributed by atoms with Gasteiger partial charge in [-0.1, -0.05) is 36.4 Å². The molecule has 0 amide bonds. The van der Waals surface area contributed by atoms with Crippen LogP contribution in [-0.2, 0) is 4.74 Å². The molecule has 1 unspecified atom stereocenters. The first-order chi connectivity index (χ1) is 8.77. The molecule has 0 radical (unpaired) electrons. The molecule has 1 aromatic heterocycles. The van der Waals surface area contributed by atoms with E-state index in [2.05, 4.69) is 60.6 Å². The lowest BCUT2D eigenvalue weighted by atomic mass is 10.0. The Bertz CT molecular complexity index is 496. The van der Waals surface area contributed by atoms with Crippen molar-refractivity contribution in [2.24, 2.45) is 0 Å². The Labute approximate surface area is 112 Å². The lowest BCUT2D eigenvalue weighted by molar-refractivity contribution is 0.00809. The van der Waals surface area contributed by atoms with Crippen LogP contribution in [0.15, 0.2) is 47.8 Å². The highest BCUT2D eigenvalue weighted by molar-refractivity contribution is 7.10. The second kappa shape index (κ2) is 4.84. The molecule has 0 spiro atoms. The summed E-state index contributed by atoms with van der Waals surface area (Å²) < 4.78 is 6.25. The zero-order valence-electron chi connectivity index (χ0n) is 10.6. The van der Waals surface area contributed by atoms with Crippen LogP contribution in [0.2, 0.25) is 0 Å². The Hall–Kier alpha value is -1.16. The van der Waals surface area contributed by atoms with Gasteiger partial charge in [0, 0.05) is 10.9 Å². The number of nitrogens with zero attached hydrogens (tertiary/aromatic N) is 1. The molecule has 94 valence electrons. The fourth-order valence-corrected chi connectivity index (χ4v) is 3.28. The van der Waals surface area contributed by atoms with Crippen molar-refractivity contribution in [3.8, 4) is 0 Å². The molecule has 1 aliphatic rings. The van der Waals surface area contributed by atoms with Gasteiger partial charge < -0.3 is 4.74 Å². The number of ether oxygens (including phenoxy) is 1. The third-order valence-electron chi connectivity index (χ3n) is 3.64. The fraction of sp³-hybridized carbons (Fsp3) is 0.333. The fourth-order valence-electron chi connectivity index (χ4n) is 2.48. The van der Waals surface area contributed by atoms with Crippen molar-refractivity contribution < 1.29 is 4.74 Å². The summed E-state index contributed by atoms with van der Waals surface area (Å²) in [5.74, 6) is 0. The SMILES string of the molecule is C[C@H]1[C@@H](c2ccccc2)OC(c2cccs2)N1C. The van der Waals surface area contributed by atoms with Crippen LogP contribution < -0.4 is 0 Å². The van der Waals surface area contributed by atoms with E-state index in [1.165, 1.54) is 10.4 Å². The second-order valence-corrected chi connectivity index (χ2v) is 5.72. The Morgan fingerprint density at radius 2 is 1.89 bits per heavy atom. The summed E-state index contributed by atoms with van der Waals surface area (Å²) in [5, 5.41) is 2.10. The summed E-state index contributed by atoms with van der Waals surface area (Å²) in [6, 6.07) is 15.1. The van der Waals surface area contributed by atoms with Gasteiger partial charge in [0.25, 0.3) is 0 Å². The molecule has 2 aromatic rings. The van der Waals surface area contributed by atoms with E-state index in [0.717, 1.165) is 0 Å². The van der Waals surface area contributed by atoms with E-state index in [1.54, 1.807) is 11.3 Å². The van der Waals surface area contributed by atoms with E-state index in [4.69, 9.17) is 4.74 Å². The standard InChI is InChI=1S/C15H17NOS/c1-11-14(12-7-4-3-5-8-12)17-15(16(11)2)13-9-6-10-18-13/h3-11,14-15H,1-2H3/t11-,14-,15?/m0/s1. The van der Waals surface area contributed by atoms with E-state index >= 15 is 0 Å². The van der Waals surface area contributed by atoms with Crippen molar-refractivity contribution in [1.29, 1.82) is 0 Å². The van der Waals surface area contributed by atoms with Gasteiger partial charge >= 0.3 is 0 Å². The first-order valence-electron chi connectivity index (χ1n) is 6.23. The number of benzene rings is 1. The molecule has 1 aliphatic heterocycles. The first-order valence-corrected chi connectivity index (χ1v) is 7.11. The molecule has 0 N–H and O–H groups in total. The molecule has 18 heavy (non-hydrogen) atoms. The minimum absolute atomic E-state index is 0.0882. The van der Waals surface area contributed by atoms with Crippen LogP contribution in [-0.4, -0.2) is 18.0 Å². The minimum atomic E-state index is 0.0882. The van der Waals surface area contributed by atoms with Gasteiger partial charge in [-0.25, -0.2) is 0 Å². The monoisotopic (exact) mass is 259 g/mol. The van der Waals surface area contributed by atoms with Crippen LogP contribution in [0.25, 0.3) is 0 Å². The molecule has 1 aromatic carbocycles. The van der Waals surface area contributed by atoms with Crippen molar-refractivity contribution >= 4 is 11.3 Å². The highest BCUT2D eigenvalue weighted by Gasteiger charge is 2.38. The van der Waals surface area contributed by atoms with Crippen LogP contribution in [0.4, 0.5) is 0 Å². The Morgan fingerprint density at radius 3 is 2.56 bits per heavy atom. The third kappa shape index (κ3) is 1.99. The van der Waals surface area contributed by atoms with Gasteiger partial charge in [0.2, 0.25) is 0 Å². The highest BCUT2D eigenvalue weighted by atomic mass is 32.1. The van der Waals surface area contributed by atoms with Crippen LogP contribution >= 0.6 is 11.3 Å². The molecular weight excluding hydrogens is 242 g/mol. The van der Waals surface area contributed by atoms with E-state index in [-0.39, 0.29) is 12.3 Å². The zero-order chi connectivity index (χ0) is 12.5. The van der Waals surface area contributed by atoms with Crippen molar-refractivity contribution in [2.45, 2.75) is 25.3 Å². The summed E-state index contributed by atoms with van der Waals surface area (Å²) in [6.45, 7) is 2.23. The topological polar surface area (TPSA) is 12.5 Å². The quantitative estimate of drug-likeness (QED) is 0.812. The molecule has 3 heteroatoms. The number of hydrogen-bond donors (Lipinski definition) is 0. The van der Waals surface area contributed by atoms with Gasteiger partial charge in [0.05, 0.1) is 0 Å². The average molecular weight is 259 g/mol. The first kappa shape index (κ1) is 11.9. The zero-order valence-corrected chi connectivity index (χ0v) is 11.4. The third-order valence-corrected chi connectivity index (χ3v) is 4.54. The van der Waals surface area contributed by atoms with Gasteiger partial charge in [-0.3, -0.25) is 4.90 Å². The average Bonchev–Trinajstić information content (AvgIpc) is 3.01. The van der Waals surface area contributed by atoms with E-state index < -0.39 is 0 Å². The molecule has 2 heterocycles. The normalized spacial score (nSPS) is 28.7. The summed E-state index contributed by atoms with van der Waals surface area (Å²) in [6.07, 6.45) is 0.244. The molecule has 2 nitrogen and oxygen atoms in total.